The third kappa shape index (κ3) is 4.07. The lowest BCUT2D eigenvalue weighted by Gasteiger charge is -2.30. The Bertz CT molecular complexity index is 341. The number of hydrogen-bond donors (Lipinski definition) is 3. The van der Waals surface area contributed by atoms with E-state index in [9.17, 15) is 13.2 Å². The molecule has 0 aromatic heterocycles. The van der Waals surface area contributed by atoms with Crippen molar-refractivity contribution >= 4 is 16.0 Å². The van der Waals surface area contributed by atoms with E-state index in [-0.39, 0.29) is 12.0 Å². The molecular formula is C9H18N2O4S. The van der Waals surface area contributed by atoms with Crippen LogP contribution in [0.25, 0.3) is 0 Å². The van der Waals surface area contributed by atoms with Gasteiger partial charge in [0.25, 0.3) is 0 Å². The number of nitrogens with one attached hydrogen (secondary N) is 1. The number of sulfonamides is 1. The van der Waals surface area contributed by atoms with Crippen LogP contribution in [0.4, 0.5) is 0 Å². The van der Waals surface area contributed by atoms with Crippen LogP contribution in [0.3, 0.4) is 0 Å². The molecule has 0 aromatic rings. The Hall–Kier alpha value is -0.660. The average molecular weight is 250 g/mol. The number of carboxylic acid groups (broad SMARTS) is 1. The number of nitrogens with two attached hydrogens (primary N) is 1. The molecule has 1 rings (SSSR count). The molecular weight excluding hydrogens is 232 g/mol. The molecule has 4 N–H and O–H groups in total. The predicted molar refractivity (Wildman–Crippen MR) is 59.4 cm³/mol. The largest absolute Gasteiger partial charge is 0.480 e. The summed E-state index contributed by atoms with van der Waals surface area (Å²) in [5, 5.41) is 8.46. The van der Waals surface area contributed by atoms with Gasteiger partial charge in [-0.3, -0.25) is 4.79 Å². The molecule has 0 saturated heterocycles. The van der Waals surface area contributed by atoms with Crippen LogP contribution in [-0.2, 0) is 14.8 Å². The van der Waals surface area contributed by atoms with Crippen LogP contribution in [0.2, 0.25) is 0 Å². The molecule has 16 heavy (non-hydrogen) atoms. The predicted octanol–water partition coefficient (Wildman–Crippen LogP) is -0.492. The van der Waals surface area contributed by atoms with Crippen molar-refractivity contribution in [3.8, 4) is 0 Å². The van der Waals surface area contributed by atoms with Crippen molar-refractivity contribution in [3.05, 3.63) is 0 Å². The first kappa shape index (κ1) is 13.4. The number of aliphatic carboxylic acids is 1. The van der Waals surface area contributed by atoms with Gasteiger partial charge in [-0.05, 0) is 25.3 Å². The fourth-order valence-electron chi connectivity index (χ4n) is 2.08. The molecule has 2 atom stereocenters. The zero-order chi connectivity index (χ0) is 12.2. The van der Waals surface area contributed by atoms with E-state index in [2.05, 4.69) is 4.72 Å². The van der Waals surface area contributed by atoms with Crippen LogP contribution in [0.5, 0.6) is 0 Å². The fraction of sp³-hybridized carbons (Fsp3) is 0.889. The van der Waals surface area contributed by atoms with E-state index in [4.69, 9.17) is 10.8 Å². The molecule has 1 aliphatic rings. The minimum absolute atomic E-state index is 0.123. The van der Waals surface area contributed by atoms with Crippen LogP contribution in [0.15, 0.2) is 0 Å². The number of carboxylic acids is 1. The lowest BCUT2D eigenvalue weighted by Crippen LogP contribution is -2.46. The van der Waals surface area contributed by atoms with Gasteiger partial charge >= 0.3 is 5.97 Å². The van der Waals surface area contributed by atoms with Gasteiger partial charge in [-0.25, -0.2) is 13.1 Å². The van der Waals surface area contributed by atoms with Gasteiger partial charge in [0.15, 0.2) is 5.75 Å². The molecule has 0 bridgehead atoms. The van der Waals surface area contributed by atoms with E-state index >= 15 is 0 Å². The van der Waals surface area contributed by atoms with Gasteiger partial charge in [0.2, 0.25) is 10.0 Å². The quantitative estimate of drug-likeness (QED) is 0.610. The van der Waals surface area contributed by atoms with Crippen molar-refractivity contribution < 1.29 is 18.3 Å². The highest BCUT2D eigenvalue weighted by Crippen LogP contribution is 2.23. The minimum atomic E-state index is -3.73. The SMILES string of the molecule is NCC1CCCCC1NS(=O)(=O)CC(=O)O. The summed E-state index contributed by atoms with van der Waals surface area (Å²) in [6.45, 7) is 0.431. The second-order valence-electron chi connectivity index (χ2n) is 4.16. The average Bonchev–Trinajstić information content (AvgIpc) is 2.15. The van der Waals surface area contributed by atoms with Crippen molar-refractivity contribution in [3.63, 3.8) is 0 Å². The van der Waals surface area contributed by atoms with Gasteiger partial charge in [-0.15, -0.1) is 0 Å². The first-order chi connectivity index (χ1) is 7.44. The first-order valence-corrected chi connectivity index (χ1v) is 7.01. The molecule has 0 radical (unpaired) electrons. The maximum absolute atomic E-state index is 11.4. The van der Waals surface area contributed by atoms with E-state index in [1.165, 1.54) is 0 Å². The lowest BCUT2D eigenvalue weighted by molar-refractivity contribution is -0.134. The molecule has 1 fully saturated rings. The summed E-state index contributed by atoms with van der Waals surface area (Å²) < 4.78 is 25.3. The first-order valence-electron chi connectivity index (χ1n) is 5.36. The highest BCUT2D eigenvalue weighted by molar-refractivity contribution is 7.90. The van der Waals surface area contributed by atoms with Crippen molar-refractivity contribution in [2.45, 2.75) is 31.7 Å². The van der Waals surface area contributed by atoms with Gasteiger partial charge in [-0.2, -0.15) is 0 Å². The van der Waals surface area contributed by atoms with Crippen LogP contribution in [0.1, 0.15) is 25.7 Å². The molecule has 94 valence electrons. The summed E-state index contributed by atoms with van der Waals surface area (Å²) in [4.78, 5) is 10.4. The summed E-state index contributed by atoms with van der Waals surface area (Å²) in [5.74, 6) is -2.09. The van der Waals surface area contributed by atoms with Crippen molar-refractivity contribution in [1.82, 2.24) is 4.72 Å². The Morgan fingerprint density at radius 2 is 2.00 bits per heavy atom. The molecule has 6 nitrogen and oxygen atoms in total. The van der Waals surface area contributed by atoms with E-state index in [0.717, 1.165) is 25.7 Å². The Kier molecular flexibility index (Phi) is 4.69. The maximum Gasteiger partial charge on any atom is 0.320 e. The summed E-state index contributed by atoms with van der Waals surface area (Å²) >= 11 is 0. The molecule has 1 aliphatic carbocycles. The highest BCUT2D eigenvalue weighted by atomic mass is 32.2. The molecule has 0 aliphatic heterocycles. The number of rotatable bonds is 5. The van der Waals surface area contributed by atoms with Crippen molar-refractivity contribution in [1.29, 1.82) is 0 Å². The van der Waals surface area contributed by atoms with Crippen molar-refractivity contribution in [2.75, 3.05) is 12.3 Å². The minimum Gasteiger partial charge on any atom is -0.480 e. The molecule has 2 unspecified atom stereocenters. The summed E-state index contributed by atoms with van der Waals surface area (Å²) in [6, 6.07) is -0.205. The molecule has 0 heterocycles. The topological polar surface area (TPSA) is 109 Å². The molecule has 1 saturated carbocycles. The molecule has 7 heteroatoms. The standard InChI is InChI=1S/C9H18N2O4S/c10-5-7-3-1-2-4-8(7)11-16(14,15)6-9(12)13/h7-8,11H,1-6,10H2,(H,12,13). The van der Waals surface area contributed by atoms with Crippen molar-refractivity contribution in [2.24, 2.45) is 11.7 Å². The third-order valence-corrected chi connectivity index (χ3v) is 4.15. The van der Waals surface area contributed by atoms with Gasteiger partial charge < -0.3 is 10.8 Å². The van der Waals surface area contributed by atoms with Crippen LogP contribution in [-0.4, -0.2) is 37.8 Å². The Morgan fingerprint density at radius 1 is 1.38 bits per heavy atom. The molecule has 0 spiro atoms. The summed E-state index contributed by atoms with van der Waals surface area (Å²) in [7, 11) is -3.73. The highest BCUT2D eigenvalue weighted by Gasteiger charge is 2.28. The fourth-order valence-corrected chi connectivity index (χ4v) is 3.26. The zero-order valence-corrected chi connectivity index (χ0v) is 9.87. The number of carbonyl (C=O) groups is 1. The normalized spacial score (nSPS) is 26.6. The van der Waals surface area contributed by atoms with Crippen LogP contribution >= 0.6 is 0 Å². The maximum atomic E-state index is 11.4. The van der Waals surface area contributed by atoms with E-state index in [0.29, 0.717) is 6.54 Å². The van der Waals surface area contributed by atoms with E-state index in [1.54, 1.807) is 0 Å². The second-order valence-corrected chi connectivity index (χ2v) is 5.91. The van der Waals surface area contributed by atoms with Gasteiger partial charge in [0.05, 0.1) is 0 Å². The third-order valence-electron chi connectivity index (χ3n) is 2.86. The summed E-state index contributed by atoms with van der Waals surface area (Å²) in [6.07, 6.45) is 3.65. The Balaban J connectivity index is 2.60. The van der Waals surface area contributed by atoms with E-state index < -0.39 is 21.7 Å². The Morgan fingerprint density at radius 3 is 2.56 bits per heavy atom. The van der Waals surface area contributed by atoms with Crippen LogP contribution < -0.4 is 10.5 Å². The van der Waals surface area contributed by atoms with Gasteiger partial charge in [0.1, 0.15) is 0 Å². The monoisotopic (exact) mass is 250 g/mol. The van der Waals surface area contributed by atoms with Gasteiger partial charge in [0, 0.05) is 6.04 Å². The van der Waals surface area contributed by atoms with E-state index in [1.807, 2.05) is 0 Å². The smallest absolute Gasteiger partial charge is 0.320 e. The summed E-state index contributed by atoms with van der Waals surface area (Å²) in [5.41, 5.74) is 5.56. The molecule has 0 amide bonds. The van der Waals surface area contributed by atoms with Gasteiger partial charge in [-0.1, -0.05) is 12.8 Å². The molecule has 0 aromatic carbocycles. The second kappa shape index (κ2) is 5.60. The Labute approximate surface area is 95.3 Å². The van der Waals surface area contributed by atoms with Crippen LogP contribution in [0, 0.1) is 5.92 Å². The number of hydrogen-bond acceptors (Lipinski definition) is 4. The zero-order valence-electron chi connectivity index (χ0n) is 9.05. The lowest BCUT2D eigenvalue weighted by atomic mass is 9.85.